The molecule has 7 nitrogen and oxygen atoms in total. The predicted molar refractivity (Wildman–Crippen MR) is 145 cm³/mol. The van der Waals surface area contributed by atoms with E-state index in [4.69, 9.17) is 16.3 Å². The summed E-state index contributed by atoms with van der Waals surface area (Å²) in [7, 11) is 0. The number of carbonyl (C=O) groups excluding carboxylic acids is 1. The van der Waals surface area contributed by atoms with Gasteiger partial charge in [-0.1, -0.05) is 48.0 Å². The lowest BCUT2D eigenvalue weighted by atomic mass is 10.2. The van der Waals surface area contributed by atoms with Crippen LogP contribution in [0.25, 0.3) is 17.0 Å². The lowest BCUT2D eigenvalue weighted by Crippen LogP contribution is -2.22. The van der Waals surface area contributed by atoms with Crippen LogP contribution in [0.1, 0.15) is 11.3 Å². The fourth-order valence-electron chi connectivity index (χ4n) is 3.68. The zero-order chi connectivity index (χ0) is 25.6. The van der Waals surface area contributed by atoms with Crippen LogP contribution in [0.2, 0.25) is 5.02 Å². The number of anilines is 1. The van der Waals surface area contributed by atoms with Gasteiger partial charge >= 0.3 is 0 Å². The summed E-state index contributed by atoms with van der Waals surface area (Å²) >= 11 is 5.92. The molecule has 5 rings (SSSR count). The zero-order valence-corrected chi connectivity index (χ0v) is 20.3. The number of fused-ring (bicyclic) bond motifs is 1. The molecule has 0 aliphatic carbocycles. The maximum Gasteiger partial charge on any atom is 0.261 e. The number of nitrogens with one attached hydrogen (secondary N) is 1. The maximum absolute atomic E-state index is 13.3. The summed E-state index contributed by atoms with van der Waals surface area (Å²) in [6.07, 6.45) is 6.25. The highest BCUT2D eigenvalue weighted by Gasteiger charge is 2.14. The molecule has 2 aromatic heterocycles. The van der Waals surface area contributed by atoms with Crippen molar-refractivity contribution in [3.63, 3.8) is 0 Å². The Morgan fingerprint density at radius 2 is 1.76 bits per heavy atom. The van der Waals surface area contributed by atoms with Gasteiger partial charge < -0.3 is 10.1 Å². The minimum Gasteiger partial charge on any atom is -0.455 e. The molecule has 1 N–H and O–H groups in total. The van der Waals surface area contributed by atoms with Crippen LogP contribution in [0, 0.1) is 0 Å². The fourth-order valence-corrected chi connectivity index (χ4v) is 3.81. The summed E-state index contributed by atoms with van der Waals surface area (Å²) in [6.45, 7) is 0.283. The number of nitrogens with zero attached hydrogens (tertiary/aromatic N) is 3. The Morgan fingerprint density at radius 1 is 0.973 bits per heavy atom. The number of rotatable bonds is 7. The van der Waals surface area contributed by atoms with Crippen molar-refractivity contribution in [3.05, 3.63) is 130 Å². The Bertz CT molecular complexity index is 1630. The van der Waals surface area contributed by atoms with Crippen molar-refractivity contribution in [2.75, 3.05) is 5.32 Å². The van der Waals surface area contributed by atoms with Gasteiger partial charge in [0.1, 0.15) is 5.75 Å². The Hall–Kier alpha value is -4.75. The summed E-state index contributed by atoms with van der Waals surface area (Å²) in [5.74, 6) is 0.517. The highest BCUT2D eigenvalue weighted by molar-refractivity contribution is 6.30. The van der Waals surface area contributed by atoms with E-state index in [1.165, 1.54) is 17.0 Å². The molecule has 1 amide bonds. The second-order valence-corrected chi connectivity index (χ2v) is 8.59. The number of carbonyl (C=O) groups is 1. The van der Waals surface area contributed by atoms with E-state index < -0.39 is 0 Å². The van der Waals surface area contributed by atoms with Gasteiger partial charge in [-0.05, 0) is 60.2 Å². The van der Waals surface area contributed by atoms with Crippen molar-refractivity contribution in [2.45, 2.75) is 6.54 Å². The first kappa shape index (κ1) is 24.0. The van der Waals surface area contributed by atoms with E-state index in [0.717, 1.165) is 11.3 Å². The van der Waals surface area contributed by atoms with Gasteiger partial charge in [0.05, 0.1) is 35.2 Å². The van der Waals surface area contributed by atoms with Crippen LogP contribution in [0.15, 0.2) is 108 Å². The smallest absolute Gasteiger partial charge is 0.261 e. The summed E-state index contributed by atoms with van der Waals surface area (Å²) in [5, 5.41) is 3.82. The van der Waals surface area contributed by atoms with E-state index in [1.54, 1.807) is 48.7 Å². The van der Waals surface area contributed by atoms with Gasteiger partial charge in [0, 0.05) is 17.3 Å². The van der Waals surface area contributed by atoms with E-state index in [0.29, 0.717) is 33.1 Å². The summed E-state index contributed by atoms with van der Waals surface area (Å²) in [5.41, 5.74) is 2.14. The molecule has 0 spiro atoms. The van der Waals surface area contributed by atoms with Crippen molar-refractivity contribution in [1.29, 1.82) is 0 Å². The Balaban J connectivity index is 1.49. The van der Waals surface area contributed by atoms with Crippen molar-refractivity contribution in [1.82, 2.24) is 14.5 Å². The van der Waals surface area contributed by atoms with Gasteiger partial charge in [0.15, 0.2) is 5.75 Å². The Morgan fingerprint density at radius 3 is 2.51 bits per heavy atom. The minimum absolute atomic E-state index is 0.242. The van der Waals surface area contributed by atoms with Crippen molar-refractivity contribution >= 4 is 40.2 Å². The van der Waals surface area contributed by atoms with Crippen molar-refractivity contribution < 1.29 is 9.53 Å². The number of halogens is 1. The molecule has 3 aromatic carbocycles. The van der Waals surface area contributed by atoms with Crippen LogP contribution >= 0.6 is 11.6 Å². The molecule has 5 aromatic rings. The van der Waals surface area contributed by atoms with Gasteiger partial charge in [-0.3, -0.25) is 19.1 Å². The van der Waals surface area contributed by atoms with Crippen LogP contribution in [-0.2, 0) is 11.3 Å². The molecular formula is C29H21ClN4O3. The van der Waals surface area contributed by atoms with E-state index in [9.17, 15) is 9.59 Å². The third kappa shape index (κ3) is 5.91. The molecule has 0 unspecified atom stereocenters. The second-order valence-electron chi connectivity index (χ2n) is 8.15. The van der Waals surface area contributed by atoms with Gasteiger partial charge in [-0.2, -0.15) is 0 Å². The number of benzene rings is 3. The monoisotopic (exact) mass is 508 g/mol. The third-order valence-electron chi connectivity index (χ3n) is 5.51. The highest BCUT2D eigenvalue weighted by Crippen LogP contribution is 2.32. The molecule has 37 heavy (non-hydrogen) atoms. The van der Waals surface area contributed by atoms with E-state index in [-0.39, 0.29) is 18.0 Å². The van der Waals surface area contributed by atoms with Crippen LogP contribution in [0.5, 0.6) is 11.5 Å². The molecule has 0 saturated heterocycles. The third-order valence-corrected chi connectivity index (χ3v) is 5.76. The molecule has 8 heteroatoms. The molecule has 0 fully saturated rings. The van der Waals surface area contributed by atoms with E-state index >= 15 is 0 Å². The number of ether oxygens (including phenoxy) is 1. The largest absolute Gasteiger partial charge is 0.455 e. The minimum atomic E-state index is -0.365. The number of hydrogen-bond donors (Lipinski definition) is 1. The number of amides is 1. The molecule has 0 aliphatic rings. The van der Waals surface area contributed by atoms with Crippen molar-refractivity contribution in [2.24, 2.45) is 0 Å². The molecule has 0 bridgehead atoms. The molecule has 0 radical (unpaired) electrons. The lowest BCUT2D eigenvalue weighted by Gasteiger charge is -2.14. The number of para-hydroxylation sites is 1. The maximum atomic E-state index is 13.3. The first-order valence-corrected chi connectivity index (χ1v) is 11.8. The summed E-state index contributed by atoms with van der Waals surface area (Å²) in [6, 6.07) is 25.0. The molecule has 0 aliphatic heterocycles. The number of hydrogen-bond acceptors (Lipinski definition) is 5. The quantitative estimate of drug-likeness (QED) is 0.275. The number of pyridine rings is 1. The Labute approximate surface area is 217 Å². The molecule has 0 saturated carbocycles. The first-order valence-electron chi connectivity index (χ1n) is 11.5. The topological polar surface area (TPSA) is 86.1 Å². The van der Waals surface area contributed by atoms with Gasteiger partial charge in [0.2, 0.25) is 5.91 Å². The zero-order valence-electron chi connectivity index (χ0n) is 19.5. The van der Waals surface area contributed by atoms with Crippen LogP contribution < -0.4 is 15.6 Å². The molecule has 2 heterocycles. The normalized spacial score (nSPS) is 11.1. The highest BCUT2D eigenvalue weighted by atomic mass is 35.5. The molecular weight excluding hydrogens is 488 g/mol. The Kier molecular flexibility index (Phi) is 7.05. The van der Waals surface area contributed by atoms with Crippen LogP contribution in [0.4, 0.5) is 5.69 Å². The van der Waals surface area contributed by atoms with Crippen LogP contribution in [0.3, 0.4) is 0 Å². The average Bonchev–Trinajstić information content (AvgIpc) is 2.92. The molecule has 0 atom stereocenters. The summed E-state index contributed by atoms with van der Waals surface area (Å²) in [4.78, 5) is 34.8. The first-order chi connectivity index (χ1) is 18.0. The predicted octanol–water partition coefficient (Wildman–Crippen LogP) is 5.94. The standard InChI is InChI=1S/C29H21ClN4O3/c30-21-12-9-20(10-13-21)11-14-28(35)33-26-17-25-24(16-27(26)37-23-7-2-1-3-8-23)29(36)34(19-32-25)18-22-6-4-5-15-31-22/h1-17,19H,18H2,(H,33,35)/b14-11+. The van der Waals surface area contributed by atoms with E-state index in [2.05, 4.69) is 15.3 Å². The average molecular weight is 509 g/mol. The lowest BCUT2D eigenvalue weighted by molar-refractivity contribution is -0.111. The number of aromatic nitrogens is 3. The summed E-state index contributed by atoms with van der Waals surface area (Å²) < 4.78 is 7.56. The van der Waals surface area contributed by atoms with Gasteiger partial charge in [-0.25, -0.2) is 4.98 Å². The second kappa shape index (κ2) is 10.9. The van der Waals surface area contributed by atoms with Crippen molar-refractivity contribution in [3.8, 4) is 11.5 Å². The fraction of sp³-hybridized carbons (Fsp3) is 0.0345. The van der Waals surface area contributed by atoms with Gasteiger partial charge in [-0.15, -0.1) is 0 Å². The molecule has 182 valence electrons. The van der Waals surface area contributed by atoms with Gasteiger partial charge in [0.25, 0.3) is 5.56 Å². The van der Waals surface area contributed by atoms with E-state index in [1.807, 2.05) is 48.5 Å². The van der Waals surface area contributed by atoms with Crippen LogP contribution in [-0.4, -0.2) is 20.4 Å². The SMILES string of the molecule is O=C(/C=C/c1ccc(Cl)cc1)Nc1cc2ncn(Cc3ccccn3)c(=O)c2cc1Oc1ccccc1.